The fraction of sp³-hybridized carbons (Fsp3) is 1.00. The van der Waals surface area contributed by atoms with Gasteiger partial charge in [-0.15, -0.1) is 0 Å². The minimum absolute atomic E-state index is 0.286. The highest BCUT2D eigenvalue weighted by atomic mass is 27.2. The zero-order valence-electron chi connectivity index (χ0n) is 12.8. The highest BCUT2D eigenvalue weighted by molar-refractivity contribution is 6.58. The molecule has 0 bridgehead atoms. The van der Waals surface area contributed by atoms with Crippen molar-refractivity contribution in [1.82, 2.24) is 4.90 Å². The van der Waals surface area contributed by atoms with Crippen LogP contribution in [0.3, 0.4) is 0 Å². The topological polar surface area (TPSA) is 3.24 Å². The van der Waals surface area contributed by atoms with Crippen molar-refractivity contribution in [3.63, 3.8) is 0 Å². The van der Waals surface area contributed by atoms with Gasteiger partial charge in [-0.3, -0.25) is 0 Å². The molecular weight excluding hydrogens is 221 g/mol. The van der Waals surface area contributed by atoms with Crippen molar-refractivity contribution in [2.45, 2.75) is 75.6 Å². The highest BCUT2D eigenvalue weighted by Gasteiger charge is 2.10. The Kier molecular flexibility index (Phi) is 13.3. The van der Waals surface area contributed by atoms with Crippen LogP contribution in [0.1, 0.15) is 59.8 Å². The number of hydrogen-bond donors (Lipinski definition) is 0. The maximum atomic E-state index is 2.54. The minimum atomic E-state index is -0.286. The summed E-state index contributed by atoms with van der Waals surface area (Å²) in [7, 11) is 0. The largest absolute Gasteiger partial charge is 0.304 e. The minimum Gasteiger partial charge on any atom is -0.304 e. The van der Waals surface area contributed by atoms with Gasteiger partial charge in [-0.1, -0.05) is 69.2 Å². The smallest absolute Gasteiger partial charge is 0.261 e. The van der Waals surface area contributed by atoms with Gasteiger partial charge in [0.1, 0.15) is 0 Å². The molecule has 0 aromatic carbocycles. The second-order valence-corrected chi connectivity index (χ2v) is 9.21. The highest BCUT2D eigenvalue weighted by Crippen LogP contribution is 2.12. The van der Waals surface area contributed by atoms with Crippen LogP contribution >= 0.6 is 0 Å². The number of hydrogen-bond acceptors (Lipinski definition) is 1. The van der Waals surface area contributed by atoms with Crippen molar-refractivity contribution in [2.24, 2.45) is 0 Å². The average molecular weight is 255 g/mol. The standard InChI is InChI=1S/C11H24N.2C2H5.Al/c1-4-7-8-9-10-11-12(5-2)6-3;2*1-2;/h1,4-11H2,2-3H3;2*1H2,2H3;. The van der Waals surface area contributed by atoms with Crippen LogP contribution in [-0.4, -0.2) is 38.7 Å². The quantitative estimate of drug-likeness (QED) is 0.357. The van der Waals surface area contributed by atoms with Gasteiger partial charge in [0.15, 0.2) is 0 Å². The van der Waals surface area contributed by atoms with Gasteiger partial charge in [-0.2, -0.15) is 0 Å². The molecule has 0 aliphatic heterocycles. The van der Waals surface area contributed by atoms with Crippen LogP contribution in [0.25, 0.3) is 0 Å². The van der Waals surface area contributed by atoms with Gasteiger partial charge in [-0.25, -0.2) is 0 Å². The Bertz CT molecular complexity index is 126. The maximum absolute atomic E-state index is 2.54. The molecule has 0 unspecified atom stereocenters. The van der Waals surface area contributed by atoms with Crippen molar-refractivity contribution in [3.05, 3.63) is 0 Å². The van der Waals surface area contributed by atoms with Crippen molar-refractivity contribution in [1.29, 1.82) is 0 Å². The molecule has 0 aromatic heterocycles. The Morgan fingerprint density at radius 1 is 0.706 bits per heavy atom. The predicted molar refractivity (Wildman–Crippen MR) is 82.4 cm³/mol. The number of unbranched alkanes of at least 4 members (excludes halogenated alkanes) is 4. The summed E-state index contributed by atoms with van der Waals surface area (Å²) in [6, 6.07) is 0. The van der Waals surface area contributed by atoms with Gasteiger partial charge in [-0.05, 0) is 26.1 Å². The fourth-order valence-corrected chi connectivity index (χ4v) is 4.80. The van der Waals surface area contributed by atoms with Crippen LogP contribution in [0, 0.1) is 0 Å². The Morgan fingerprint density at radius 2 is 1.24 bits per heavy atom. The van der Waals surface area contributed by atoms with Gasteiger partial charge in [0.25, 0.3) is 14.1 Å². The first kappa shape index (κ1) is 17.5. The fourth-order valence-electron chi connectivity index (χ4n) is 2.54. The van der Waals surface area contributed by atoms with Crippen molar-refractivity contribution >= 4 is 14.1 Å². The van der Waals surface area contributed by atoms with Crippen molar-refractivity contribution in [2.75, 3.05) is 19.6 Å². The van der Waals surface area contributed by atoms with Gasteiger partial charge >= 0.3 is 0 Å². The summed E-state index contributed by atoms with van der Waals surface area (Å²) in [6.45, 7) is 13.1. The zero-order chi connectivity index (χ0) is 12.9. The first-order chi connectivity index (χ1) is 8.28. The summed E-state index contributed by atoms with van der Waals surface area (Å²) in [6.07, 6.45) is 7.33. The molecular formula is C15H34AlN. The van der Waals surface area contributed by atoms with E-state index in [0.717, 1.165) is 0 Å². The summed E-state index contributed by atoms with van der Waals surface area (Å²) >= 11 is -0.286. The van der Waals surface area contributed by atoms with E-state index in [4.69, 9.17) is 0 Å². The molecule has 1 nitrogen and oxygen atoms in total. The molecule has 0 aromatic rings. The monoisotopic (exact) mass is 255 g/mol. The number of rotatable bonds is 12. The average Bonchev–Trinajstić information content (AvgIpc) is 2.37. The molecule has 0 N–H and O–H groups in total. The summed E-state index contributed by atoms with van der Waals surface area (Å²) in [4.78, 5) is 2.54. The van der Waals surface area contributed by atoms with Crippen LogP contribution in [0.2, 0.25) is 15.8 Å². The molecule has 2 heteroatoms. The Labute approximate surface area is 114 Å². The van der Waals surface area contributed by atoms with Crippen LogP contribution in [0.5, 0.6) is 0 Å². The normalized spacial score (nSPS) is 11.1. The third kappa shape index (κ3) is 10.1. The summed E-state index contributed by atoms with van der Waals surface area (Å²) in [5.74, 6) is 0. The van der Waals surface area contributed by atoms with E-state index in [9.17, 15) is 0 Å². The van der Waals surface area contributed by atoms with Crippen LogP contribution < -0.4 is 0 Å². The second kappa shape index (κ2) is 12.9. The van der Waals surface area contributed by atoms with Crippen LogP contribution in [0.15, 0.2) is 0 Å². The zero-order valence-corrected chi connectivity index (χ0v) is 14.0. The van der Waals surface area contributed by atoms with E-state index in [-0.39, 0.29) is 14.1 Å². The molecule has 0 rings (SSSR count). The van der Waals surface area contributed by atoms with E-state index < -0.39 is 0 Å². The lowest BCUT2D eigenvalue weighted by Crippen LogP contribution is -2.23. The third-order valence-corrected chi connectivity index (χ3v) is 7.67. The lowest BCUT2D eigenvalue weighted by Gasteiger charge is -2.17. The van der Waals surface area contributed by atoms with Gasteiger partial charge in [0.05, 0.1) is 0 Å². The summed E-state index contributed by atoms with van der Waals surface area (Å²) < 4.78 is 0. The Hall–Kier alpha value is 0.492. The van der Waals surface area contributed by atoms with Crippen LogP contribution in [-0.2, 0) is 0 Å². The molecule has 17 heavy (non-hydrogen) atoms. The van der Waals surface area contributed by atoms with E-state index >= 15 is 0 Å². The van der Waals surface area contributed by atoms with Gasteiger partial charge < -0.3 is 4.90 Å². The summed E-state index contributed by atoms with van der Waals surface area (Å²) in [5, 5.41) is 4.62. The Balaban J connectivity index is 3.23. The van der Waals surface area contributed by atoms with Crippen molar-refractivity contribution in [3.8, 4) is 0 Å². The van der Waals surface area contributed by atoms with Crippen molar-refractivity contribution < 1.29 is 0 Å². The molecule has 0 saturated carbocycles. The Morgan fingerprint density at radius 3 is 1.76 bits per heavy atom. The maximum Gasteiger partial charge on any atom is 0.261 e. The molecule has 0 atom stereocenters. The molecule has 0 heterocycles. The molecule has 0 amide bonds. The first-order valence-corrected chi connectivity index (χ1v) is 10.5. The molecule has 0 aliphatic rings. The lowest BCUT2D eigenvalue weighted by molar-refractivity contribution is 0.295. The van der Waals surface area contributed by atoms with E-state index in [1.807, 2.05) is 0 Å². The first-order valence-electron chi connectivity index (χ1n) is 8.00. The molecule has 0 saturated heterocycles. The third-order valence-electron chi connectivity index (χ3n) is 4.14. The van der Waals surface area contributed by atoms with Crippen LogP contribution in [0.4, 0.5) is 0 Å². The molecule has 102 valence electrons. The number of nitrogens with zero attached hydrogens (tertiary/aromatic N) is 1. The van der Waals surface area contributed by atoms with E-state index in [0.29, 0.717) is 0 Å². The predicted octanol–water partition coefficient (Wildman–Crippen LogP) is 4.81. The molecule has 0 radical (unpaired) electrons. The molecule has 0 spiro atoms. The molecule has 0 fully saturated rings. The van der Waals surface area contributed by atoms with Gasteiger partial charge in [0.2, 0.25) is 0 Å². The van der Waals surface area contributed by atoms with E-state index in [2.05, 4.69) is 32.6 Å². The van der Waals surface area contributed by atoms with Gasteiger partial charge in [0, 0.05) is 0 Å². The lowest BCUT2D eigenvalue weighted by atomic mass is 10.1. The SMILES string of the molecule is CCN(CC)CCCCCC[CH2][Al]([CH2]C)[CH2]C. The second-order valence-electron chi connectivity index (χ2n) is 5.27. The van der Waals surface area contributed by atoms with E-state index in [1.165, 1.54) is 62.3 Å². The summed E-state index contributed by atoms with van der Waals surface area (Å²) in [5.41, 5.74) is 0. The molecule has 0 aliphatic carbocycles. The van der Waals surface area contributed by atoms with E-state index in [1.54, 1.807) is 5.28 Å².